The van der Waals surface area contributed by atoms with Gasteiger partial charge in [0.15, 0.2) is 0 Å². The van der Waals surface area contributed by atoms with Crippen molar-refractivity contribution in [2.45, 2.75) is 40.6 Å². The van der Waals surface area contributed by atoms with Crippen molar-refractivity contribution in [3.63, 3.8) is 0 Å². The number of aromatic nitrogens is 6. The highest BCUT2D eigenvalue weighted by atomic mass is 16.1. The van der Waals surface area contributed by atoms with E-state index in [0.29, 0.717) is 28.1 Å². The summed E-state index contributed by atoms with van der Waals surface area (Å²) in [5, 5.41) is 7.76. The largest absolute Gasteiger partial charge is 0.388 e. The second-order valence-electron chi connectivity index (χ2n) is 7.11. The van der Waals surface area contributed by atoms with Crippen LogP contribution in [0.5, 0.6) is 0 Å². The van der Waals surface area contributed by atoms with Crippen LogP contribution in [0.3, 0.4) is 0 Å². The number of rotatable bonds is 4. The summed E-state index contributed by atoms with van der Waals surface area (Å²) in [4.78, 5) is 27.9. The van der Waals surface area contributed by atoms with Crippen molar-refractivity contribution in [3.05, 3.63) is 34.5 Å². The van der Waals surface area contributed by atoms with Crippen LogP contribution >= 0.6 is 0 Å². The quantitative estimate of drug-likeness (QED) is 0.464. The standard InChI is InChI=1S/C18H20BN7O.C2H6/c1-8(2)16(19)24-15-13(18(27)23-12-7-26(4)25-14(12)15)17-21-10-5-9(3)20-6-11(10)22-17;1-2/h5-8,16,24H,1-4H3,(H,21,22)(H,23,27);1-2H3. The molecule has 4 aromatic heterocycles. The maximum atomic E-state index is 12.9. The maximum absolute atomic E-state index is 12.9. The third-order valence-electron chi connectivity index (χ3n) is 4.56. The van der Waals surface area contributed by atoms with Crippen LogP contribution in [0.15, 0.2) is 23.3 Å². The molecule has 29 heavy (non-hydrogen) atoms. The Hall–Kier alpha value is -3.10. The number of pyridine rings is 2. The Morgan fingerprint density at radius 1 is 1.21 bits per heavy atom. The molecule has 0 spiro atoms. The van der Waals surface area contributed by atoms with E-state index in [1.54, 1.807) is 24.1 Å². The van der Waals surface area contributed by atoms with E-state index in [-0.39, 0.29) is 17.4 Å². The van der Waals surface area contributed by atoms with Crippen molar-refractivity contribution in [1.82, 2.24) is 29.7 Å². The predicted octanol–water partition coefficient (Wildman–Crippen LogP) is 3.10. The Morgan fingerprint density at radius 3 is 2.62 bits per heavy atom. The number of anilines is 1. The summed E-state index contributed by atoms with van der Waals surface area (Å²) in [7, 11) is 8.05. The van der Waals surface area contributed by atoms with E-state index in [1.807, 2.05) is 40.7 Å². The lowest BCUT2D eigenvalue weighted by molar-refractivity contribution is 0.643. The summed E-state index contributed by atoms with van der Waals surface area (Å²) < 4.78 is 1.66. The fraction of sp³-hybridized carbons (Fsp3) is 0.400. The highest BCUT2D eigenvalue weighted by Gasteiger charge is 2.22. The summed E-state index contributed by atoms with van der Waals surface area (Å²) in [6.45, 7) is 9.92. The molecule has 0 aliphatic heterocycles. The number of fused-ring (bicyclic) bond motifs is 2. The molecule has 0 saturated carbocycles. The van der Waals surface area contributed by atoms with Crippen LogP contribution in [0.1, 0.15) is 33.4 Å². The Bertz CT molecular complexity index is 1200. The molecule has 1 unspecified atom stereocenters. The van der Waals surface area contributed by atoms with Crippen molar-refractivity contribution in [3.8, 4) is 11.4 Å². The Balaban J connectivity index is 0.00000117. The zero-order chi connectivity index (χ0) is 21.3. The van der Waals surface area contributed by atoms with Crippen molar-refractivity contribution < 1.29 is 0 Å². The molecule has 0 amide bonds. The van der Waals surface area contributed by atoms with E-state index in [1.165, 1.54) is 0 Å². The second-order valence-corrected chi connectivity index (χ2v) is 7.11. The lowest BCUT2D eigenvalue weighted by Crippen LogP contribution is -2.27. The van der Waals surface area contributed by atoms with Gasteiger partial charge in [-0.15, -0.1) is 0 Å². The minimum absolute atomic E-state index is 0.165. The molecule has 2 radical (unpaired) electrons. The molecular weight excluding hydrogens is 365 g/mol. The van der Waals surface area contributed by atoms with Gasteiger partial charge < -0.3 is 15.3 Å². The molecule has 0 saturated heterocycles. The molecule has 0 aromatic carbocycles. The molecule has 8 nitrogen and oxygen atoms in total. The average molecular weight is 391 g/mol. The number of hydrogen-bond donors (Lipinski definition) is 3. The van der Waals surface area contributed by atoms with Crippen molar-refractivity contribution in [1.29, 1.82) is 0 Å². The van der Waals surface area contributed by atoms with Crippen molar-refractivity contribution >= 4 is 35.6 Å². The topological polar surface area (TPSA) is 104 Å². The molecule has 1 atom stereocenters. The smallest absolute Gasteiger partial charge is 0.261 e. The van der Waals surface area contributed by atoms with Gasteiger partial charge in [0.05, 0.1) is 36.3 Å². The van der Waals surface area contributed by atoms with Crippen LogP contribution in [0.4, 0.5) is 5.69 Å². The minimum Gasteiger partial charge on any atom is -0.388 e. The normalized spacial score (nSPS) is 12.2. The summed E-state index contributed by atoms with van der Waals surface area (Å²) in [5.41, 5.74) is 4.32. The van der Waals surface area contributed by atoms with Gasteiger partial charge in [0.1, 0.15) is 16.9 Å². The first-order valence-corrected chi connectivity index (χ1v) is 9.78. The van der Waals surface area contributed by atoms with Gasteiger partial charge in [-0.05, 0) is 24.8 Å². The fourth-order valence-electron chi connectivity index (χ4n) is 3.01. The summed E-state index contributed by atoms with van der Waals surface area (Å²) in [5.74, 6) is 0.270. The number of imidazole rings is 1. The SMILES string of the molecule is CC.[B]C(Nc1c(-c2nc3cc(C)ncc3[nH]2)c(=O)[nH]c2cn(C)nc12)C(C)C. The van der Waals surface area contributed by atoms with Crippen molar-refractivity contribution in [2.24, 2.45) is 13.0 Å². The molecule has 4 aromatic rings. The van der Waals surface area contributed by atoms with E-state index in [4.69, 9.17) is 7.85 Å². The predicted molar refractivity (Wildman–Crippen MR) is 118 cm³/mol. The average Bonchev–Trinajstić information content (AvgIpc) is 3.25. The van der Waals surface area contributed by atoms with E-state index < -0.39 is 0 Å². The number of nitrogens with zero attached hydrogens (tertiary/aromatic N) is 4. The highest BCUT2D eigenvalue weighted by Crippen LogP contribution is 2.30. The monoisotopic (exact) mass is 391 g/mol. The molecule has 0 aliphatic rings. The molecule has 4 heterocycles. The molecule has 0 fully saturated rings. The van der Waals surface area contributed by atoms with Gasteiger partial charge in [0, 0.05) is 18.9 Å². The number of hydrogen-bond acceptors (Lipinski definition) is 5. The molecule has 4 rings (SSSR count). The summed E-state index contributed by atoms with van der Waals surface area (Å²) in [6.07, 6.45) is 3.47. The van der Waals surface area contributed by atoms with Crippen LogP contribution in [-0.2, 0) is 7.05 Å². The number of nitrogens with one attached hydrogen (secondary N) is 3. The lowest BCUT2D eigenvalue weighted by atomic mass is 9.85. The fourth-order valence-corrected chi connectivity index (χ4v) is 3.01. The molecule has 3 N–H and O–H groups in total. The van der Waals surface area contributed by atoms with E-state index in [9.17, 15) is 4.79 Å². The van der Waals surface area contributed by atoms with Crippen LogP contribution < -0.4 is 10.9 Å². The minimum atomic E-state index is -0.343. The van der Waals surface area contributed by atoms with Crippen LogP contribution in [0.25, 0.3) is 33.5 Å². The first-order chi connectivity index (χ1) is 13.8. The number of H-pyrrole nitrogens is 2. The Kier molecular flexibility index (Phi) is 5.77. The van der Waals surface area contributed by atoms with E-state index >= 15 is 0 Å². The first-order valence-electron chi connectivity index (χ1n) is 9.78. The Morgan fingerprint density at radius 2 is 1.93 bits per heavy atom. The highest BCUT2D eigenvalue weighted by molar-refractivity contribution is 6.14. The van der Waals surface area contributed by atoms with Gasteiger partial charge in [-0.25, -0.2) is 4.98 Å². The first kappa shape index (κ1) is 20.6. The van der Waals surface area contributed by atoms with Crippen LogP contribution in [-0.4, -0.2) is 43.5 Å². The van der Waals surface area contributed by atoms with Gasteiger partial charge in [0.25, 0.3) is 5.56 Å². The van der Waals surface area contributed by atoms with Gasteiger partial charge >= 0.3 is 0 Å². The van der Waals surface area contributed by atoms with Gasteiger partial charge in [0.2, 0.25) is 0 Å². The summed E-state index contributed by atoms with van der Waals surface area (Å²) >= 11 is 0. The zero-order valence-corrected chi connectivity index (χ0v) is 17.7. The molecule has 9 heteroatoms. The third-order valence-corrected chi connectivity index (χ3v) is 4.56. The molecule has 150 valence electrons. The maximum Gasteiger partial charge on any atom is 0.261 e. The van der Waals surface area contributed by atoms with Gasteiger partial charge in [-0.2, -0.15) is 5.10 Å². The van der Waals surface area contributed by atoms with Gasteiger partial charge in [-0.1, -0.05) is 27.7 Å². The lowest BCUT2D eigenvalue weighted by Gasteiger charge is -2.21. The molecule has 0 bridgehead atoms. The number of aryl methyl sites for hydroxylation is 2. The summed E-state index contributed by atoms with van der Waals surface area (Å²) in [6, 6.07) is 1.87. The van der Waals surface area contributed by atoms with Crippen LogP contribution in [0, 0.1) is 12.8 Å². The van der Waals surface area contributed by atoms with Crippen molar-refractivity contribution in [2.75, 3.05) is 5.32 Å². The Labute approximate surface area is 170 Å². The number of aromatic amines is 2. The van der Waals surface area contributed by atoms with E-state index in [2.05, 4.69) is 30.4 Å². The van der Waals surface area contributed by atoms with E-state index in [0.717, 1.165) is 16.7 Å². The third kappa shape index (κ3) is 3.90. The molecule has 0 aliphatic carbocycles. The second kappa shape index (κ2) is 8.10. The molecular formula is C20H26BN7O. The van der Waals surface area contributed by atoms with Crippen LogP contribution in [0.2, 0.25) is 0 Å². The van der Waals surface area contributed by atoms with Gasteiger partial charge in [-0.3, -0.25) is 14.5 Å². The zero-order valence-electron chi connectivity index (χ0n) is 17.7.